The maximum atomic E-state index is 14.8. The lowest BCUT2D eigenvalue weighted by atomic mass is 9.93. The van der Waals surface area contributed by atoms with Gasteiger partial charge in [-0.15, -0.1) is 0 Å². The fraction of sp³-hybridized carbons (Fsp3) is 0.429. The van der Waals surface area contributed by atoms with Gasteiger partial charge in [0.25, 0.3) is 0 Å². The average molecular weight is 521 g/mol. The zero-order chi connectivity index (χ0) is 27.1. The fourth-order valence-corrected chi connectivity index (χ4v) is 5.63. The summed E-state index contributed by atoms with van der Waals surface area (Å²) in [4.78, 5) is 22.2. The minimum atomic E-state index is -0.630. The number of allylic oxidation sites excluding steroid dienone is 1. The number of anilines is 2. The summed E-state index contributed by atoms with van der Waals surface area (Å²) in [6, 6.07) is 2.31. The highest BCUT2D eigenvalue weighted by Gasteiger charge is 2.43. The first kappa shape index (κ1) is 26.1. The van der Waals surface area contributed by atoms with E-state index in [1.807, 2.05) is 37.7 Å². The van der Waals surface area contributed by atoms with E-state index in [4.69, 9.17) is 0 Å². The highest BCUT2D eigenvalue weighted by Crippen LogP contribution is 2.32. The van der Waals surface area contributed by atoms with Crippen molar-refractivity contribution in [1.29, 1.82) is 0 Å². The third kappa shape index (κ3) is 5.10. The number of hydrogen-bond acceptors (Lipinski definition) is 7. The molecule has 0 aromatic carbocycles. The first-order valence-electron chi connectivity index (χ1n) is 12.9. The Morgan fingerprint density at radius 2 is 1.92 bits per heavy atom. The van der Waals surface area contributed by atoms with Crippen LogP contribution in [0.25, 0.3) is 17.5 Å². The molecule has 0 amide bonds. The highest BCUT2D eigenvalue weighted by atomic mass is 19.1. The third-order valence-electron chi connectivity index (χ3n) is 7.45. The van der Waals surface area contributed by atoms with Gasteiger partial charge in [-0.1, -0.05) is 6.58 Å². The number of fused-ring (bicyclic) bond motifs is 1. The predicted molar refractivity (Wildman–Crippen MR) is 146 cm³/mol. The molecule has 1 N–H and O–H groups in total. The van der Waals surface area contributed by atoms with Crippen LogP contribution in [0.5, 0.6) is 0 Å². The number of imidazole rings is 1. The van der Waals surface area contributed by atoms with E-state index in [1.165, 1.54) is 6.54 Å². The molecule has 0 bridgehead atoms. The summed E-state index contributed by atoms with van der Waals surface area (Å²) in [6.07, 6.45) is 6.52. The normalized spacial score (nSPS) is 20.1. The Hall–Kier alpha value is -3.50. The molecule has 200 valence electrons. The molecule has 2 saturated heterocycles. The van der Waals surface area contributed by atoms with Gasteiger partial charge in [0.05, 0.1) is 11.9 Å². The van der Waals surface area contributed by atoms with Crippen molar-refractivity contribution in [3.05, 3.63) is 65.4 Å². The molecule has 5 rings (SSSR count). The molecule has 3 aromatic rings. The molecular weight excluding hydrogens is 486 g/mol. The molecule has 2 aliphatic heterocycles. The second-order valence-electron chi connectivity index (χ2n) is 10.6. The SMILES string of the molecule is C=C(F)c1nc(C)n(C(C)C)c1/C=C(\C)c1cc(Nc2ncc(CN3C[C@@H]4CN(C)[C@@H]4C3)cn2)ncc1F. The lowest BCUT2D eigenvalue weighted by Gasteiger charge is -2.40. The number of nitrogens with one attached hydrogen (secondary N) is 1. The summed E-state index contributed by atoms with van der Waals surface area (Å²) in [6.45, 7) is 15.2. The number of rotatable bonds is 8. The van der Waals surface area contributed by atoms with Crippen LogP contribution >= 0.6 is 0 Å². The molecule has 2 atom stereocenters. The van der Waals surface area contributed by atoms with E-state index in [-0.39, 0.29) is 11.7 Å². The fourth-order valence-electron chi connectivity index (χ4n) is 5.63. The summed E-state index contributed by atoms with van der Waals surface area (Å²) < 4.78 is 30.9. The second-order valence-corrected chi connectivity index (χ2v) is 10.6. The Kier molecular flexibility index (Phi) is 7.11. The standard InChI is InChI=1S/C28H34F2N8/c1-16(2)38-19(5)34-27(18(4)29)24(38)7-17(3)22-8-26(31-11-23(22)30)35-28-32-9-20(10-33-28)12-37-14-21-13-36(6)25(21)15-37/h7-11,16,21,25H,4,12-15H2,1-3,5-6H3,(H,31,32,33,35)/b17-7+/t21-,25+/m0/s1. The first-order valence-corrected chi connectivity index (χ1v) is 12.9. The molecule has 0 spiro atoms. The van der Waals surface area contributed by atoms with Gasteiger partial charge in [0.2, 0.25) is 5.95 Å². The number of nitrogens with zero attached hydrogens (tertiary/aromatic N) is 7. The Balaban J connectivity index is 1.32. The molecule has 0 unspecified atom stereocenters. The van der Waals surface area contributed by atoms with Crippen LogP contribution in [0.1, 0.15) is 55.2 Å². The van der Waals surface area contributed by atoms with Crippen LogP contribution in [0, 0.1) is 18.7 Å². The minimum absolute atomic E-state index is 0.0382. The molecule has 5 heterocycles. The molecule has 0 saturated carbocycles. The largest absolute Gasteiger partial charge is 0.326 e. The Morgan fingerprint density at radius 1 is 1.18 bits per heavy atom. The average Bonchev–Trinajstić information content (AvgIpc) is 3.37. The molecule has 0 aliphatic carbocycles. The number of hydrogen-bond donors (Lipinski definition) is 1. The Labute approximate surface area is 222 Å². The Bertz CT molecular complexity index is 1380. The van der Waals surface area contributed by atoms with Gasteiger partial charge in [-0.25, -0.2) is 28.7 Å². The topological polar surface area (TPSA) is 75.0 Å². The summed E-state index contributed by atoms with van der Waals surface area (Å²) in [7, 11) is 2.18. The van der Waals surface area contributed by atoms with Crippen LogP contribution in [0.15, 0.2) is 31.2 Å². The van der Waals surface area contributed by atoms with Crippen LogP contribution in [-0.2, 0) is 6.54 Å². The van der Waals surface area contributed by atoms with Gasteiger partial charge in [-0.3, -0.25) is 4.90 Å². The number of halogens is 2. The zero-order valence-electron chi connectivity index (χ0n) is 22.5. The maximum absolute atomic E-state index is 14.8. The molecular formula is C28H34F2N8. The van der Waals surface area contributed by atoms with Crippen molar-refractivity contribution in [3.8, 4) is 0 Å². The van der Waals surface area contributed by atoms with E-state index in [0.717, 1.165) is 37.3 Å². The first-order chi connectivity index (χ1) is 18.1. The van der Waals surface area contributed by atoms with E-state index >= 15 is 0 Å². The summed E-state index contributed by atoms with van der Waals surface area (Å²) in [5, 5.41) is 3.07. The molecule has 3 aromatic heterocycles. The molecule has 0 radical (unpaired) electrons. The zero-order valence-corrected chi connectivity index (χ0v) is 22.5. The number of aromatic nitrogens is 5. The minimum Gasteiger partial charge on any atom is -0.326 e. The van der Waals surface area contributed by atoms with Crippen molar-refractivity contribution >= 4 is 29.2 Å². The van der Waals surface area contributed by atoms with Gasteiger partial charge in [-0.05, 0) is 52.5 Å². The van der Waals surface area contributed by atoms with Gasteiger partial charge in [0, 0.05) is 67.7 Å². The molecule has 2 fully saturated rings. The lowest BCUT2D eigenvalue weighted by Crippen LogP contribution is -2.52. The smallest absolute Gasteiger partial charge is 0.228 e. The highest BCUT2D eigenvalue weighted by molar-refractivity contribution is 5.83. The lowest BCUT2D eigenvalue weighted by molar-refractivity contribution is 0.0825. The van der Waals surface area contributed by atoms with Crippen LogP contribution in [-0.4, -0.2) is 67.0 Å². The van der Waals surface area contributed by atoms with Crippen LogP contribution in [0.3, 0.4) is 0 Å². The van der Waals surface area contributed by atoms with Crippen LogP contribution in [0.4, 0.5) is 20.5 Å². The van der Waals surface area contributed by atoms with E-state index in [9.17, 15) is 8.78 Å². The van der Waals surface area contributed by atoms with E-state index in [0.29, 0.717) is 40.5 Å². The molecule has 38 heavy (non-hydrogen) atoms. The maximum Gasteiger partial charge on any atom is 0.228 e. The van der Waals surface area contributed by atoms with E-state index in [1.54, 1.807) is 19.1 Å². The number of pyridine rings is 1. The number of likely N-dealkylation sites (N-methyl/N-ethyl adjacent to an activating group) is 1. The second kappa shape index (κ2) is 10.3. The van der Waals surface area contributed by atoms with Crippen molar-refractivity contribution in [2.24, 2.45) is 5.92 Å². The van der Waals surface area contributed by atoms with Crippen molar-refractivity contribution in [1.82, 2.24) is 34.3 Å². The Morgan fingerprint density at radius 3 is 2.55 bits per heavy atom. The summed E-state index contributed by atoms with van der Waals surface area (Å²) >= 11 is 0. The predicted octanol–water partition coefficient (Wildman–Crippen LogP) is 5.09. The number of likely N-dealkylation sites (tertiary alicyclic amines) is 2. The van der Waals surface area contributed by atoms with Crippen molar-refractivity contribution in [2.75, 3.05) is 32.0 Å². The van der Waals surface area contributed by atoms with Crippen LogP contribution < -0.4 is 5.32 Å². The third-order valence-corrected chi connectivity index (χ3v) is 7.45. The molecule has 8 nitrogen and oxygen atoms in total. The van der Waals surface area contributed by atoms with Crippen LogP contribution in [0.2, 0.25) is 0 Å². The summed E-state index contributed by atoms with van der Waals surface area (Å²) in [5.74, 6) is 1.11. The van der Waals surface area contributed by atoms with E-state index in [2.05, 4.69) is 48.7 Å². The van der Waals surface area contributed by atoms with Crippen molar-refractivity contribution in [2.45, 2.75) is 46.3 Å². The molecule has 2 aliphatic rings. The summed E-state index contributed by atoms with van der Waals surface area (Å²) in [5.41, 5.74) is 2.68. The van der Waals surface area contributed by atoms with E-state index < -0.39 is 11.6 Å². The quantitative estimate of drug-likeness (QED) is 0.444. The van der Waals surface area contributed by atoms with Gasteiger partial charge in [0.15, 0.2) is 0 Å². The van der Waals surface area contributed by atoms with Crippen molar-refractivity contribution in [3.63, 3.8) is 0 Å². The van der Waals surface area contributed by atoms with Gasteiger partial charge in [0.1, 0.15) is 29.0 Å². The van der Waals surface area contributed by atoms with Crippen molar-refractivity contribution < 1.29 is 8.78 Å². The molecule has 10 heteroatoms. The van der Waals surface area contributed by atoms with Gasteiger partial charge in [-0.2, -0.15) is 0 Å². The number of aryl methyl sites for hydroxylation is 1. The van der Waals surface area contributed by atoms with Gasteiger partial charge < -0.3 is 14.8 Å². The van der Waals surface area contributed by atoms with Gasteiger partial charge >= 0.3 is 0 Å². The monoisotopic (exact) mass is 520 g/mol.